The molecule has 0 radical (unpaired) electrons. The van der Waals surface area contributed by atoms with Crippen molar-refractivity contribution in [1.82, 2.24) is 0 Å². The number of allylic oxidation sites excluding steroid dienone is 1. The molecule has 0 heterocycles. The first-order chi connectivity index (χ1) is 4.81. The Labute approximate surface area is 61.7 Å². The van der Waals surface area contributed by atoms with Gasteiger partial charge in [-0.25, -0.2) is 0 Å². The maximum absolute atomic E-state index is 8.42. The Kier molecular flexibility index (Phi) is 5.85. The van der Waals surface area contributed by atoms with Crippen molar-refractivity contribution in [2.75, 3.05) is 13.2 Å². The van der Waals surface area contributed by atoms with Gasteiger partial charge in [0.1, 0.15) is 0 Å². The summed E-state index contributed by atoms with van der Waals surface area (Å²) in [5, 5.41) is 8.42. The summed E-state index contributed by atoms with van der Waals surface area (Å²) >= 11 is 0. The molecule has 0 spiro atoms. The smallest absolute Gasteiger partial charge is 0.0555 e. The van der Waals surface area contributed by atoms with Gasteiger partial charge in [0.25, 0.3) is 0 Å². The van der Waals surface area contributed by atoms with Crippen LogP contribution in [0.2, 0.25) is 0 Å². The lowest BCUT2D eigenvalue weighted by atomic mass is 10.2. The van der Waals surface area contributed by atoms with E-state index in [9.17, 15) is 0 Å². The lowest BCUT2D eigenvalue weighted by Gasteiger charge is -1.86. The third-order valence-electron chi connectivity index (χ3n) is 0.967. The number of hydrogen-bond donors (Lipinski definition) is 2. The van der Waals surface area contributed by atoms with Crippen LogP contribution >= 0.6 is 0 Å². The number of nitrogens with two attached hydrogens (primary N) is 1. The normalized spacial score (nSPS) is 10.5. The summed E-state index contributed by atoms with van der Waals surface area (Å²) in [7, 11) is 0. The van der Waals surface area contributed by atoms with Crippen molar-refractivity contribution in [3.63, 3.8) is 0 Å². The van der Waals surface area contributed by atoms with Crippen molar-refractivity contribution in [3.8, 4) is 11.8 Å². The van der Waals surface area contributed by atoms with Gasteiger partial charge in [0.05, 0.1) is 6.54 Å². The third kappa shape index (κ3) is 5.36. The fraction of sp³-hybridized carbons (Fsp3) is 0.500. The summed E-state index contributed by atoms with van der Waals surface area (Å²) in [4.78, 5) is 0. The van der Waals surface area contributed by atoms with Gasteiger partial charge in [-0.3, -0.25) is 0 Å². The molecule has 2 heteroatoms. The minimum Gasteiger partial charge on any atom is -0.396 e. The average molecular weight is 139 g/mol. The minimum atomic E-state index is 0.182. The van der Waals surface area contributed by atoms with E-state index < -0.39 is 0 Å². The van der Waals surface area contributed by atoms with Gasteiger partial charge in [0.15, 0.2) is 0 Å². The van der Waals surface area contributed by atoms with Crippen molar-refractivity contribution < 1.29 is 5.11 Å². The van der Waals surface area contributed by atoms with Gasteiger partial charge < -0.3 is 10.8 Å². The van der Waals surface area contributed by atoms with E-state index in [1.165, 1.54) is 0 Å². The molecule has 0 aromatic heterocycles. The van der Waals surface area contributed by atoms with Gasteiger partial charge in [-0.15, -0.1) is 0 Å². The predicted octanol–water partition coefficient (Wildman–Crippen LogP) is 0.277. The fourth-order valence-corrected chi connectivity index (χ4v) is 0.523. The number of rotatable bonds is 2. The molecule has 10 heavy (non-hydrogen) atoms. The van der Waals surface area contributed by atoms with Gasteiger partial charge in [0.2, 0.25) is 0 Å². The van der Waals surface area contributed by atoms with E-state index in [2.05, 4.69) is 11.8 Å². The van der Waals surface area contributed by atoms with E-state index in [1.54, 1.807) is 0 Å². The Balaban J connectivity index is 3.70. The van der Waals surface area contributed by atoms with Crippen LogP contribution in [0.15, 0.2) is 11.6 Å². The predicted molar refractivity (Wildman–Crippen MR) is 42.3 cm³/mol. The largest absolute Gasteiger partial charge is 0.396 e. The van der Waals surface area contributed by atoms with Crippen molar-refractivity contribution in [3.05, 3.63) is 11.6 Å². The highest BCUT2D eigenvalue weighted by Gasteiger charge is 1.79. The molecule has 3 N–H and O–H groups in total. The number of aliphatic hydroxyl groups excluding tert-OH is 1. The first-order valence-electron chi connectivity index (χ1n) is 3.27. The summed E-state index contributed by atoms with van der Waals surface area (Å²) in [5.74, 6) is 5.58. The van der Waals surface area contributed by atoms with Gasteiger partial charge in [-0.2, -0.15) is 0 Å². The SMILES string of the molecule is C/C(C#CCN)=C\CCO. The Bertz CT molecular complexity index is 162. The van der Waals surface area contributed by atoms with Crippen LogP contribution in [-0.4, -0.2) is 18.3 Å². The Hall–Kier alpha value is -0.780. The zero-order valence-electron chi connectivity index (χ0n) is 6.22. The molecule has 0 aromatic rings. The Morgan fingerprint density at radius 1 is 1.70 bits per heavy atom. The molecule has 0 aliphatic heterocycles. The molecule has 0 unspecified atom stereocenters. The van der Waals surface area contributed by atoms with Crippen LogP contribution < -0.4 is 5.73 Å². The highest BCUT2D eigenvalue weighted by molar-refractivity contribution is 5.26. The summed E-state index contributed by atoms with van der Waals surface area (Å²) in [6, 6.07) is 0. The summed E-state index contributed by atoms with van der Waals surface area (Å²) in [5.41, 5.74) is 6.13. The Morgan fingerprint density at radius 2 is 2.40 bits per heavy atom. The van der Waals surface area contributed by atoms with Crippen molar-refractivity contribution in [2.24, 2.45) is 5.73 Å². The van der Waals surface area contributed by atoms with E-state index in [4.69, 9.17) is 10.8 Å². The molecule has 0 saturated heterocycles. The molecular formula is C8H13NO. The lowest BCUT2D eigenvalue weighted by Crippen LogP contribution is -1.92. The van der Waals surface area contributed by atoms with E-state index in [1.807, 2.05) is 13.0 Å². The molecule has 0 atom stereocenters. The van der Waals surface area contributed by atoms with Crippen molar-refractivity contribution in [2.45, 2.75) is 13.3 Å². The zero-order chi connectivity index (χ0) is 7.82. The maximum Gasteiger partial charge on any atom is 0.0555 e. The van der Waals surface area contributed by atoms with Gasteiger partial charge in [-0.05, 0) is 18.9 Å². The van der Waals surface area contributed by atoms with Crippen LogP contribution in [0.3, 0.4) is 0 Å². The quantitative estimate of drug-likeness (QED) is 0.540. The second kappa shape index (κ2) is 6.34. The maximum atomic E-state index is 8.42. The molecule has 0 fully saturated rings. The van der Waals surface area contributed by atoms with Crippen LogP contribution in [0.25, 0.3) is 0 Å². The molecule has 0 saturated carbocycles. The summed E-state index contributed by atoms with van der Waals surface area (Å²) in [6.45, 7) is 2.48. The zero-order valence-corrected chi connectivity index (χ0v) is 6.22. The average Bonchev–Trinajstić information content (AvgIpc) is 1.97. The fourth-order valence-electron chi connectivity index (χ4n) is 0.523. The molecule has 0 aliphatic carbocycles. The summed E-state index contributed by atoms with van der Waals surface area (Å²) in [6.07, 6.45) is 2.56. The van der Waals surface area contributed by atoms with E-state index in [-0.39, 0.29) is 6.61 Å². The molecule has 0 amide bonds. The first kappa shape index (κ1) is 9.22. The van der Waals surface area contributed by atoms with Gasteiger partial charge >= 0.3 is 0 Å². The van der Waals surface area contributed by atoms with E-state index >= 15 is 0 Å². The van der Waals surface area contributed by atoms with E-state index in [0.717, 1.165) is 5.57 Å². The molecule has 0 bridgehead atoms. The minimum absolute atomic E-state index is 0.182. The highest BCUT2D eigenvalue weighted by atomic mass is 16.2. The number of hydrogen-bond acceptors (Lipinski definition) is 2. The van der Waals surface area contributed by atoms with Gasteiger partial charge in [-0.1, -0.05) is 17.9 Å². The topological polar surface area (TPSA) is 46.2 Å². The molecule has 2 nitrogen and oxygen atoms in total. The molecule has 0 aliphatic rings. The molecule has 56 valence electrons. The molecule has 0 aromatic carbocycles. The van der Waals surface area contributed by atoms with Crippen LogP contribution in [0, 0.1) is 11.8 Å². The molecular weight excluding hydrogens is 126 g/mol. The second-order valence-corrected chi connectivity index (χ2v) is 1.91. The third-order valence-corrected chi connectivity index (χ3v) is 0.967. The number of aliphatic hydroxyl groups is 1. The highest BCUT2D eigenvalue weighted by Crippen LogP contribution is 1.91. The Morgan fingerprint density at radius 3 is 2.90 bits per heavy atom. The van der Waals surface area contributed by atoms with Gasteiger partial charge in [0, 0.05) is 6.61 Å². The molecule has 0 rings (SSSR count). The summed E-state index contributed by atoms with van der Waals surface area (Å²) < 4.78 is 0. The van der Waals surface area contributed by atoms with Crippen molar-refractivity contribution in [1.29, 1.82) is 0 Å². The van der Waals surface area contributed by atoms with Crippen LogP contribution in [0.5, 0.6) is 0 Å². The second-order valence-electron chi connectivity index (χ2n) is 1.91. The monoisotopic (exact) mass is 139 g/mol. The van der Waals surface area contributed by atoms with Crippen LogP contribution in [0.1, 0.15) is 13.3 Å². The lowest BCUT2D eigenvalue weighted by molar-refractivity contribution is 0.302. The van der Waals surface area contributed by atoms with Crippen LogP contribution in [-0.2, 0) is 0 Å². The van der Waals surface area contributed by atoms with Crippen molar-refractivity contribution >= 4 is 0 Å². The first-order valence-corrected chi connectivity index (χ1v) is 3.27. The van der Waals surface area contributed by atoms with E-state index in [0.29, 0.717) is 13.0 Å². The standard InChI is InChI=1S/C8H13NO/c1-8(4-2-6-9)5-3-7-10/h5,10H,3,6-7,9H2,1H3/b8-5+. The van der Waals surface area contributed by atoms with Crippen LogP contribution in [0.4, 0.5) is 0 Å².